The Morgan fingerprint density at radius 1 is 1.16 bits per heavy atom. The van der Waals surface area contributed by atoms with Gasteiger partial charge >= 0.3 is 5.97 Å². The van der Waals surface area contributed by atoms with Crippen LogP contribution in [-0.2, 0) is 11.2 Å². The number of aliphatic carboxylic acids is 1. The topological polar surface area (TPSA) is 49.3 Å². The van der Waals surface area contributed by atoms with Gasteiger partial charge in [0.1, 0.15) is 11.6 Å². The Labute approximate surface area is 108 Å². The lowest BCUT2D eigenvalue weighted by Gasteiger charge is -2.08. The summed E-state index contributed by atoms with van der Waals surface area (Å²) in [6.07, 6.45) is -0.239. The molecule has 2 aromatic carbocycles. The number of anilines is 2. The van der Waals surface area contributed by atoms with Crippen LogP contribution in [0.25, 0.3) is 0 Å². The van der Waals surface area contributed by atoms with Gasteiger partial charge in [-0.15, -0.1) is 0 Å². The number of nitrogens with one attached hydrogen (secondary N) is 1. The van der Waals surface area contributed by atoms with Crippen LogP contribution in [0.1, 0.15) is 5.56 Å². The zero-order valence-corrected chi connectivity index (χ0v) is 9.86. The molecule has 0 atom stereocenters. The van der Waals surface area contributed by atoms with Crippen molar-refractivity contribution in [2.75, 3.05) is 5.32 Å². The third kappa shape index (κ3) is 3.51. The van der Waals surface area contributed by atoms with Gasteiger partial charge in [0, 0.05) is 5.69 Å². The number of benzene rings is 2. The molecule has 0 aromatic heterocycles. The molecule has 5 heteroatoms. The number of carbonyl (C=O) groups is 1. The highest BCUT2D eigenvalue weighted by atomic mass is 19.1. The van der Waals surface area contributed by atoms with E-state index in [0.717, 1.165) is 6.07 Å². The minimum Gasteiger partial charge on any atom is -0.481 e. The molecule has 0 fully saturated rings. The maximum Gasteiger partial charge on any atom is 0.307 e. The molecule has 0 aliphatic heterocycles. The van der Waals surface area contributed by atoms with Crippen molar-refractivity contribution >= 4 is 17.3 Å². The molecule has 0 unspecified atom stereocenters. The highest BCUT2D eigenvalue weighted by molar-refractivity contribution is 5.71. The summed E-state index contributed by atoms with van der Waals surface area (Å²) in [5.41, 5.74) is 0.958. The standard InChI is InChI=1S/C14H11F2NO2/c15-10-2-1-3-11(8-10)17-13-5-4-9(6-12(13)16)7-14(18)19/h1-6,8,17H,7H2,(H,18,19). The van der Waals surface area contributed by atoms with E-state index in [2.05, 4.69) is 5.32 Å². The SMILES string of the molecule is O=C(O)Cc1ccc(Nc2cccc(F)c2)c(F)c1. The van der Waals surface area contributed by atoms with Crippen molar-refractivity contribution in [3.63, 3.8) is 0 Å². The maximum absolute atomic E-state index is 13.7. The van der Waals surface area contributed by atoms with E-state index in [1.807, 2.05) is 0 Å². The van der Waals surface area contributed by atoms with Gasteiger partial charge in [-0.25, -0.2) is 8.78 Å². The zero-order chi connectivity index (χ0) is 13.8. The van der Waals surface area contributed by atoms with Crippen LogP contribution in [0, 0.1) is 11.6 Å². The van der Waals surface area contributed by atoms with Crippen LogP contribution >= 0.6 is 0 Å². The lowest BCUT2D eigenvalue weighted by molar-refractivity contribution is -0.136. The largest absolute Gasteiger partial charge is 0.481 e. The van der Waals surface area contributed by atoms with E-state index in [0.29, 0.717) is 11.3 Å². The first-order valence-electron chi connectivity index (χ1n) is 5.57. The first-order valence-corrected chi connectivity index (χ1v) is 5.57. The van der Waals surface area contributed by atoms with Crippen molar-refractivity contribution in [3.05, 3.63) is 59.7 Å². The molecule has 0 saturated carbocycles. The zero-order valence-electron chi connectivity index (χ0n) is 9.86. The number of carboxylic acid groups (broad SMARTS) is 1. The summed E-state index contributed by atoms with van der Waals surface area (Å²) in [7, 11) is 0. The average molecular weight is 263 g/mol. The van der Waals surface area contributed by atoms with Crippen LogP contribution in [0.15, 0.2) is 42.5 Å². The van der Waals surface area contributed by atoms with Gasteiger partial charge in [0.25, 0.3) is 0 Å². The second-order valence-corrected chi connectivity index (χ2v) is 4.02. The smallest absolute Gasteiger partial charge is 0.307 e. The fourth-order valence-electron chi connectivity index (χ4n) is 1.67. The normalized spacial score (nSPS) is 10.2. The molecule has 0 heterocycles. The van der Waals surface area contributed by atoms with Gasteiger partial charge in [0.15, 0.2) is 0 Å². The summed E-state index contributed by atoms with van der Waals surface area (Å²) in [6.45, 7) is 0. The molecular weight excluding hydrogens is 252 g/mol. The Bertz CT molecular complexity index is 614. The number of rotatable bonds is 4. The average Bonchev–Trinajstić information content (AvgIpc) is 2.32. The summed E-state index contributed by atoms with van der Waals surface area (Å²) < 4.78 is 26.7. The van der Waals surface area contributed by atoms with Crippen molar-refractivity contribution in [2.45, 2.75) is 6.42 Å². The quantitative estimate of drug-likeness (QED) is 0.889. The number of hydrogen-bond donors (Lipinski definition) is 2. The van der Waals surface area contributed by atoms with Gasteiger partial charge < -0.3 is 10.4 Å². The Morgan fingerprint density at radius 3 is 2.58 bits per heavy atom. The van der Waals surface area contributed by atoms with E-state index in [4.69, 9.17) is 5.11 Å². The van der Waals surface area contributed by atoms with E-state index in [1.165, 1.54) is 30.3 Å². The van der Waals surface area contributed by atoms with E-state index in [1.54, 1.807) is 6.07 Å². The monoisotopic (exact) mass is 263 g/mol. The summed E-state index contributed by atoms with van der Waals surface area (Å²) in [4.78, 5) is 10.5. The minimum absolute atomic E-state index is 0.166. The summed E-state index contributed by atoms with van der Waals surface area (Å²) in [5, 5.41) is 11.3. The second kappa shape index (κ2) is 5.48. The van der Waals surface area contributed by atoms with Crippen molar-refractivity contribution in [3.8, 4) is 0 Å². The highest BCUT2D eigenvalue weighted by Crippen LogP contribution is 2.21. The Kier molecular flexibility index (Phi) is 3.75. The summed E-state index contributed by atoms with van der Waals surface area (Å²) in [5.74, 6) is -2.03. The maximum atomic E-state index is 13.7. The Hall–Kier alpha value is -2.43. The predicted octanol–water partition coefficient (Wildman–Crippen LogP) is 3.34. The summed E-state index contributed by atoms with van der Waals surface area (Å²) in [6, 6.07) is 9.73. The molecule has 0 amide bonds. The van der Waals surface area contributed by atoms with Gasteiger partial charge in [-0.05, 0) is 35.9 Å². The molecule has 0 aliphatic rings. The van der Waals surface area contributed by atoms with Crippen LogP contribution in [-0.4, -0.2) is 11.1 Å². The molecule has 3 nitrogen and oxygen atoms in total. The van der Waals surface area contributed by atoms with Crippen molar-refractivity contribution in [1.29, 1.82) is 0 Å². The fraction of sp³-hybridized carbons (Fsp3) is 0.0714. The lowest BCUT2D eigenvalue weighted by atomic mass is 10.1. The van der Waals surface area contributed by atoms with Gasteiger partial charge in [-0.3, -0.25) is 4.79 Å². The molecular formula is C14H11F2NO2. The minimum atomic E-state index is -1.02. The van der Waals surface area contributed by atoms with Crippen molar-refractivity contribution < 1.29 is 18.7 Å². The molecule has 0 aliphatic carbocycles. The number of halogens is 2. The van der Waals surface area contributed by atoms with E-state index < -0.39 is 17.6 Å². The van der Waals surface area contributed by atoms with Crippen LogP contribution in [0.4, 0.5) is 20.2 Å². The van der Waals surface area contributed by atoms with Crippen LogP contribution in [0.5, 0.6) is 0 Å². The predicted molar refractivity (Wildman–Crippen MR) is 67.4 cm³/mol. The second-order valence-electron chi connectivity index (χ2n) is 4.02. The number of carboxylic acids is 1. The van der Waals surface area contributed by atoms with Crippen molar-refractivity contribution in [2.24, 2.45) is 0 Å². The van der Waals surface area contributed by atoms with Crippen LogP contribution in [0.2, 0.25) is 0 Å². The van der Waals surface area contributed by atoms with Gasteiger partial charge in [-0.1, -0.05) is 12.1 Å². The van der Waals surface area contributed by atoms with Gasteiger partial charge in [0.2, 0.25) is 0 Å². The third-order valence-electron chi connectivity index (χ3n) is 2.49. The fourth-order valence-corrected chi connectivity index (χ4v) is 1.67. The molecule has 0 bridgehead atoms. The molecule has 2 N–H and O–H groups in total. The Balaban J connectivity index is 2.19. The molecule has 98 valence electrons. The molecule has 0 spiro atoms. The van der Waals surface area contributed by atoms with E-state index in [-0.39, 0.29) is 12.1 Å². The Morgan fingerprint density at radius 2 is 1.95 bits per heavy atom. The van der Waals surface area contributed by atoms with Crippen molar-refractivity contribution in [1.82, 2.24) is 0 Å². The van der Waals surface area contributed by atoms with Crippen LogP contribution in [0.3, 0.4) is 0 Å². The molecule has 0 saturated heterocycles. The summed E-state index contributed by atoms with van der Waals surface area (Å²) >= 11 is 0. The molecule has 19 heavy (non-hydrogen) atoms. The van der Waals surface area contributed by atoms with Gasteiger partial charge in [0.05, 0.1) is 12.1 Å². The van der Waals surface area contributed by atoms with Crippen LogP contribution < -0.4 is 5.32 Å². The first-order chi connectivity index (χ1) is 9.04. The van der Waals surface area contributed by atoms with Gasteiger partial charge in [-0.2, -0.15) is 0 Å². The van der Waals surface area contributed by atoms with E-state index in [9.17, 15) is 13.6 Å². The molecule has 2 rings (SSSR count). The third-order valence-corrected chi connectivity index (χ3v) is 2.49. The van der Waals surface area contributed by atoms with E-state index >= 15 is 0 Å². The number of hydrogen-bond acceptors (Lipinski definition) is 2. The highest BCUT2D eigenvalue weighted by Gasteiger charge is 2.07. The lowest BCUT2D eigenvalue weighted by Crippen LogP contribution is -2.01. The molecule has 0 radical (unpaired) electrons. The first kappa shape index (κ1) is 13.0. The molecule has 2 aromatic rings.